The van der Waals surface area contributed by atoms with E-state index in [1.165, 1.54) is 37.1 Å². The number of fused-ring (bicyclic) bond motifs is 1. The van der Waals surface area contributed by atoms with Crippen molar-refractivity contribution in [2.45, 2.75) is 38.0 Å². The smallest absolute Gasteiger partial charge is 0.406 e. The Kier molecular flexibility index (Phi) is 4.45. The number of alkyl halides is 3. The predicted molar refractivity (Wildman–Crippen MR) is 104 cm³/mol. The van der Waals surface area contributed by atoms with Crippen molar-refractivity contribution < 1.29 is 17.9 Å². The van der Waals surface area contributed by atoms with Gasteiger partial charge in [-0.25, -0.2) is 9.97 Å². The molecule has 0 atom stereocenters. The first-order valence-electron chi connectivity index (χ1n) is 9.68. The van der Waals surface area contributed by atoms with E-state index in [2.05, 4.69) is 36.9 Å². The Morgan fingerprint density at radius 3 is 2.60 bits per heavy atom. The Labute approximate surface area is 170 Å². The topological polar surface area (TPSA) is 64.9 Å². The quantitative estimate of drug-likeness (QED) is 0.636. The van der Waals surface area contributed by atoms with Crippen molar-refractivity contribution in [3.63, 3.8) is 0 Å². The van der Waals surface area contributed by atoms with Crippen LogP contribution >= 0.6 is 0 Å². The molecule has 2 aliphatic rings. The molecule has 1 aromatic carbocycles. The fraction of sp³-hybridized carbons (Fsp3) is 0.286. The average Bonchev–Trinajstić information content (AvgIpc) is 3.47. The van der Waals surface area contributed by atoms with E-state index < -0.39 is 6.36 Å². The summed E-state index contributed by atoms with van der Waals surface area (Å²) in [5.74, 6) is 1.83. The maximum atomic E-state index is 12.3. The summed E-state index contributed by atoms with van der Waals surface area (Å²) in [4.78, 5) is 13.7. The molecule has 9 heteroatoms. The number of anilines is 2. The molecular formula is C21H18F3N5O. The van der Waals surface area contributed by atoms with Crippen LogP contribution in [0.3, 0.4) is 0 Å². The molecule has 3 aromatic rings. The van der Waals surface area contributed by atoms with Crippen LogP contribution in [0.15, 0.2) is 48.9 Å². The fourth-order valence-corrected chi connectivity index (χ4v) is 3.50. The van der Waals surface area contributed by atoms with E-state index in [9.17, 15) is 13.2 Å². The van der Waals surface area contributed by atoms with Gasteiger partial charge in [0.25, 0.3) is 0 Å². The van der Waals surface area contributed by atoms with Crippen molar-refractivity contribution in [1.82, 2.24) is 19.5 Å². The molecule has 0 saturated heterocycles. The summed E-state index contributed by atoms with van der Waals surface area (Å²) in [7, 11) is 0. The second-order valence-corrected chi connectivity index (χ2v) is 7.34. The molecule has 1 aliphatic heterocycles. The van der Waals surface area contributed by atoms with Gasteiger partial charge in [0, 0.05) is 24.2 Å². The summed E-state index contributed by atoms with van der Waals surface area (Å²) < 4.78 is 42.9. The lowest BCUT2D eigenvalue weighted by Gasteiger charge is -2.16. The summed E-state index contributed by atoms with van der Waals surface area (Å²) in [5.41, 5.74) is 3.37. The number of halogens is 3. The van der Waals surface area contributed by atoms with Crippen molar-refractivity contribution in [2.24, 2.45) is 0 Å². The van der Waals surface area contributed by atoms with Gasteiger partial charge in [-0.15, -0.1) is 13.2 Å². The Morgan fingerprint density at radius 2 is 1.87 bits per heavy atom. The van der Waals surface area contributed by atoms with Crippen LogP contribution in [0.25, 0.3) is 5.70 Å². The minimum absolute atomic E-state index is 0.278. The van der Waals surface area contributed by atoms with Crippen LogP contribution in [0.5, 0.6) is 5.75 Å². The van der Waals surface area contributed by atoms with Crippen LogP contribution in [0.2, 0.25) is 0 Å². The molecule has 3 heterocycles. The zero-order valence-corrected chi connectivity index (χ0v) is 15.9. The molecule has 0 unspecified atom stereocenters. The molecule has 6 nitrogen and oxygen atoms in total. The van der Waals surface area contributed by atoms with Gasteiger partial charge in [-0.05, 0) is 43.5 Å². The highest BCUT2D eigenvalue weighted by atomic mass is 19.4. The highest BCUT2D eigenvalue weighted by Gasteiger charge is 2.31. The lowest BCUT2D eigenvalue weighted by atomic mass is 10.1. The zero-order valence-electron chi connectivity index (χ0n) is 15.9. The summed E-state index contributed by atoms with van der Waals surface area (Å²) in [5, 5.41) is 3.07. The maximum Gasteiger partial charge on any atom is 0.573 e. The number of imidazole rings is 1. The minimum Gasteiger partial charge on any atom is -0.406 e. The minimum atomic E-state index is -4.71. The van der Waals surface area contributed by atoms with Crippen molar-refractivity contribution in [3.05, 3.63) is 66.1 Å². The number of aromatic nitrogens is 4. The van der Waals surface area contributed by atoms with Crippen LogP contribution in [-0.2, 0) is 6.42 Å². The number of ether oxygens (including phenoxy) is 1. The molecule has 2 aromatic heterocycles. The first-order valence-corrected chi connectivity index (χ1v) is 9.68. The van der Waals surface area contributed by atoms with Gasteiger partial charge in [0.05, 0.1) is 23.8 Å². The molecule has 0 spiro atoms. The van der Waals surface area contributed by atoms with Gasteiger partial charge in [-0.2, -0.15) is 0 Å². The van der Waals surface area contributed by atoms with Gasteiger partial charge in [0.15, 0.2) is 0 Å². The van der Waals surface area contributed by atoms with E-state index in [0.717, 1.165) is 30.1 Å². The highest BCUT2D eigenvalue weighted by molar-refractivity contribution is 5.66. The normalized spacial score (nSPS) is 16.0. The van der Waals surface area contributed by atoms with Crippen molar-refractivity contribution in [2.75, 3.05) is 5.32 Å². The number of rotatable bonds is 5. The van der Waals surface area contributed by atoms with E-state index in [1.54, 1.807) is 12.4 Å². The van der Waals surface area contributed by atoms with Crippen LogP contribution in [-0.4, -0.2) is 25.9 Å². The largest absolute Gasteiger partial charge is 0.573 e. The van der Waals surface area contributed by atoms with Gasteiger partial charge in [0.1, 0.15) is 23.1 Å². The van der Waals surface area contributed by atoms with E-state index in [4.69, 9.17) is 4.98 Å². The van der Waals surface area contributed by atoms with E-state index in [0.29, 0.717) is 23.1 Å². The van der Waals surface area contributed by atoms with Crippen LogP contribution < -0.4 is 10.1 Å². The number of nitrogens with one attached hydrogen (secondary N) is 1. The first-order chi connectivity index (χ1) is 14.4. The van der Waals surface area contributed by atoms with Gasteiger partial charge >= 0.3 is 6.36 Å². The van der Waals surface area contributed by atoms with Crippen LogP contribution in [0.1, 0.15) is 42.4 Å². The number of allylic oxidation sites excluding steroid dienone is 1. The van der Waals surface area contributed by atoms with Gasteiger partial charge < -0.3 is 14.6 Å². The number of aryl methyl sites for hydroxylation is 1. The van der Waals surface area contributed by atoms with Crippen LogP contribution in [0, 0.1) is 0 Å². The molecular weight excluding hydrogens is 395 g/mol. The zero-order chi connectivity index (χ0) is 20.7. The number of hydrogen-bond donors (Lipinski definition) is 1. The first kappa shape index (κ1) is 18.7. The third-order valence-electron chi connectivity index (χ3n) is 5.02. The standard InChI is InChI=1S/C21H18F3N5O/c22-21(23,24)30-15-8-6-14(7-9-15)26-19-11-25-10-16(27-19)18-2-1-3-20-28-17(12-29(18)20)13-4-5-13/h2,6-13H,1,3-5H2,(H,26,27). The Hall–Kier alpha value is -3.36. The second kappa shape index (κ2) is 7.16. The summed E-state index contributed by atoms with van der Waals surface area (Å²) in [6.45, 7) is 0. The maximum absolute atomic E-state index is 12.3. The molecule has 154 valence electrons. The molecule has 30 heavy (non-hydrogen) atoms. The SMILES string of the molecule is FC(F)(F)Oc1ccc(Nc2cncc(C3=CCCc4nc(C5CC5)cn43)n2)cc1. The molecule has 0 amide bonds. The number of nitrogens with zero attached hydrogens (tertiary/aromatic N) is 4. The average molecular weight is 413 g/mol. The predicted octanol–water partition coefficient (Wildman–Crippen LogP) is 5.03. The van der Waals surface area contributed by atoms with E-state index in [1.807, 2.05) is 0 Å². The molecule has 0 radical (unpaired) electrons. The summed E-state index contributed by atoms with van der Waals surface area (Å²) >= 11 is 0. The Balaban J connectivity index is 1.36. The monoisotopic (exact) mass is 413 g/mol. The number of hydrogen-bond acceptors (Lipinski definition) is 5. The molecule has 0 bridgehead atoms. The fourth-order valence-electron chi connectivity index (χ4n) is 3.50. The Morgan fingerprint density at radius 1 is 1.07 bits per heavy atom. The van der Waals surface area contributed by atoms with Gasteiger partial charge in [-0.3, -0.25) is 4.98 Å². The van der Waals surface area contributed by atoms with Crippen LogP contribution in [0.4, 0.5) is 24.7 Å². The van der Waals surface area contributed by atoms with Gasteiger partial charge in [-0.1, -0.05) is 6.08 Å². The lowest BCUT2D eigenvalue weighted by Crippen LogP contribution is -2.17. The summed E-state index contributed by atoms with van der Waals surface area (Å²) in [6.07, 6.45) is 6.95. The molecule has 1 aliphatic carbocycles. The third-order valence-corrected chi connectivity index (χ3v) is 5.02. The van der Waals surface area contributed by atoms with Crippen molar-refractivity contribution in [1.29, 1.82) is 0 Å². The molecule has 1 fully saturated rings. The molecule has 1 saturated carbocycles. The summed E-state index contributed by atoms with van der Waals surface area (Å²) in [6, 6.07) is 5.47. The van der Waals surface area contributed by atoms with Crippen molar-refractivity contribution >= 4 is 17.2 Å². The van der Waals surface area contributed by atoms with E-state index in [-0.39, 0.29) is 5.75 Å². The third kappa shape index (κ3) is 4.00. The lowest BCUT2D eigenvalue weighted by molar-refractivity contribution is -0.274. The number of benzene rings is 1. The molecule has 1 N–H and O–H groups in total. The highest BCUT2D eigenvalue weighted by Crippen LogP contribution is 2.40. The van der Waals surface area contributed by atoms with E-state index >= 15 is 0 Å². The van der Waals surface area contributed by atoms with Crippen molar-refractivity contribution in [3.8, 4) is 5.75 Å². The second-order valence-electron chi connectivity index (χ2n) is 7.34. The Bertz CT molecular complexity index is 1100. The van der Waals surface area contributed by atoms with Gasteiger partial charge in [0.2, 0.25) is 0 Å². The molecule has 5 rings (SSSR count).